The van der Waals surface area contributed by atoms with E-state index < -0.39 is 0 Å². The zero-order valence-electron chi connectivity index (χ0n) is 15.5. The van der Waals surface area contributed by atoms with Crippen LogP contribution in [0.25, 0.3) is 21.5 Å². The molecule has 3 heterocycles. The van der Waals surface area contributed by atoms with Gasteiger partial charge in [-0.05, 0) is 51.1 Å². The fraction of sp³-hybridized carbons (Fsp3) is 0.421. The fourth-order valence-corrected chi connectivity index (χ4v) is 4.09. The lowest BCUT2D eigenvalue weighted by Gasteiger charge is -2.31. The van der Waals surface area contributed by atoms with Gasteiger partial charge in [0.2, 0.25) is 5.91 Å². The van der Waals surface area contributed by atoms with Crippen molar-refractivity contribution >= 4 is 28.1 Å². The highest BCUT2D eigenvalue weighted by atomic mass is 32.1. The van der Waals surface area contributed by atoms with E-state index in [4.69, 9.17) is 0 Å². The van der Waals surface area contributed by atoms with Gasteiger partial charge in [0, 0.05) is 30.1 Å². The molecule has 1 aromatic carbocycles. The van der Waals surface area contributed by atoms with Crippen molar-refractivity contribution in [3.8, 4) is 10.6 Å². The van der Waals surface area contributed by atoms with Crippen LogP contribution in [0.2, 0.25) is 0 Å². The van der Waals surface area contributed by atoms with Crippen LogP contribution in [0.15, 0.2) is 24.3 Å². The van der Waals surface area contributed by atoms with Crippen molar-refractivity contribution in [1.82, 2.24) is 30.6 Å². The van der Waals surface area contributed by atoms with Gasteiger partial charge in [-0.2, -0.15) is 10.2 Å². The molecule has 1 N–H and O–H groups in total. The molecule has 1 aliphatic rings. The topological polar surface area (TPSA) is 83.9 Å². The zero-order valence-corrected chi connectivity index (χ0v) is 16.3. The minimum Gasteiger partial charge on any atom is -0.342 e. The average Bonchev–Trinajstić information content (AvgIpc) is 3.14. The van der Waals surface area contributed by atoms with Crippen LogP contribution >= 0.6 is 11.3 Å². The lowest BCUT2D eigenvalue weighted by molar-refractivity contribution is -0.131. The molecule has 7 nitrogen and oxygen atoms in total. The van der Waals surface area contributed by atoms with Crippen molar-refractivity contribution in [3.05, 3.63) is 35.0 Å². The highest BCUT2D eigenvalue weighted by Crippen LogP contribution is 2.26. The number of carbonyl (C=O) groups excluding carboxylic acids is 1. The number of benzene rings is 1. The van der Waals surface area contributed by atoms with E-state index in [-0.39, 0.29) is 12.3 Å². The monoisotopic (exact) mass is 382 g/mol. The first-order chi connectivity index (χ1) is 13.1. The zero-order chi connectivity index (χ0) is 18.8. The number of carbonyl (C=O) groups is 1. The molecule has 2 aromatic heterocycles. The van der Waals surface area contributed by atoms with Crippen molar-refractivity contribution in [2.45, 2.75) is 32.2 Å². The first-order valence-corrected chi connectivity index (χ1v) is 9.96. The Morgan fingerprint density at radius 2 is 2.00 bits per heavy atom. The molecular formula is C19H22N6OS. The summed E-state index contributed by atoms with van der Waals surface area (Å²) in [5, 5.41) is 22.9. The van der Waals surface area contributed by atoms with Crippen LogP contribution in [0.4, 0.5) is 0 Å². The Morgan fingerprint density at radius 1 is 1.19 bits per heavy atom. The van der Waals surface area contributed by atoms with Gasteiger partial charge >= 0.3 is 0 Å². The predicted octanol–water partition coefficient (Wildman–Crippen LogP) is 2.21. The largest absolute Gasteiger partial charge is 0.342 e. The molecule has 0 aliphatic carbocycles. The third-order valence-electron chi connectivity index (χ3n) is 5.00. The second kappa shape index (κ2) is 7.66. The second-order valence-corrected chi connectivity index (χ2v) is 8.04. The quantitative estimate of drug-likeness (QED) is 0.745. The van der Waals surface area contributed by atoms with Crippen LogP contribution < -0.4 is 5.32 Å². The van der Waals surface area contributed by atoms with Crippen LogP contribution in [0.5, 0.6) is 0 Å². The van der Waals surface area contributed by atoms with Gasteiger partial charge in [-0.15, -0.1) is 10.2 Å². The van der Waals surface area contributed by atoms with Gasteiger partial charge in [0.1, 0.15) is 10.0 Å². The Labute approximate surface area is 161 Å². The van der Waals surface area contributed by atoms with E-state index in [1.54, 1.807) is 11.3 Å². The number of likely N-dealkylation sites (tertiary alicyclic amines) is 1. The number of fused-ring (bicyclic) bond motifs is 1. The van der Waals surface area contributed by atoms with Crippen molar-refractivity contribution < 1.29 is 4.79 Å². The van der Waals surface area contributed by atoms with Gasteiger partial charge in [0.25, 0.3) is 0 Å². The highest BCUT2D eigenvalue weighted by molar-refractivity contribution is 7.14. The summed E-state index contributed by atoms with van der Waals surface area (Å²) in [6, 6.07) is 8.42. The van der Waals surface area contributed by atoms with E-state index in [1.807, 2.05) is 43.1 Å². The van der Waals surface area contributed by atoms with E-state index >= 15 is 0 Å². The Bertz CT molecular complexity index is 964. The molecule has 0 saturated carbocycles. The molecule has 1 fully saturated rings. The van der Waals surface area contributed by atoms with Gasteiger partial charge in [0.05, 0.1) is 17.6 Å². The number of hydrogen-bond donors (Lipinski definition) is 1. The maximum absolute atomic E-state index is 12.6. The fourth-order valence-electron chi connectivity index (χ4n) is 3.40. The molecule has 0 atom stereocenters. The summed E-state index contributed by atoms with van der Waals surface area (Å²) in [6.07, 6.45) is 2.28. The molecule has 0 radical (unpaired) electrons. The van der Waals surface area contributed by atoms with Crippen LogP contribution in [0.1, 0.15) is 23.5 Å². The van der Waals surface area contributed by atoms with Crippen LogP contribution in [-0.2, 0) is 11.2 Å². The minimum absolute atomic E-state index is 0.120. The maximum Gasteiger partial charge on any atom is 0.228 e. The highest BCUT2D eigenvalue weighted by Gasteiger charge is 2.22. The molecule has 1 saturated heterocycles. The van der Waals surface area contributed by atoms with Gasteiger partial charge < -0.3 is 10.2 Å². The normalized spacial score (nSPS) is 15.4. The molecule has 8 heteroatoms. The minimum atomic E-state index is 0.120. The molecule has 27 heavy (non-hydrogen) atoms. The van der Waals surface area contributed by atoms with Crippen molar-refractivity contribution in [1.29, 1.82) is 0 Å². The summed E-state index contributed by atoms with van der Waals surface area (Å²) < 4.78 is 0. The van der Waals surface area contributed by atoms with Crippen LogP contribution in [-0.4, -0.2) is 57.4 Å². The van der Waals surface area contributed by atoms with Gasteiger partial charge in [-0.3, -0.25) is 4.79 Å². The van der Waals surface area contributed by atoms with E-state index in [9.17, 15) is 4.79 Å². The van der Waals surface area contributed by atoms with E-state index in [2.05, 4.69) is 25.7 Å². The Morgan fingerprint density at radius 3 is 2.70 bits per heavy atom. The number of hydrogen-bond acceptors (Lipinski definition) is 7. The summed E-state index contributed by atoms with van der Waals surface area (Å²) in [4.78, 5) is 14.5. The smallest absolute Gasteiger partial charge is 0.228 e. The van der Waals surface area contributed by atoms with E-state index in [1.165, 1.54) is 0 Å². The van der Waals surface area contributed by atoms with Gasteiger partial charge in [-0.1, -0.05) is 11.3 Å². The summed E-state index contributed by atoms with van der Waals surface area (Å²) in [6.45, 7) is 3.54. The average molecular weight is 382 g/mol. The molecule has 1 aliphatic heterocycles. The third-order valence-corrected chi connectivity index (χ3v) is 5.88. The van der Waals surface area contributed by atoms with Crippen LogP contribution in [0, 0.1) is 6.92 Å². The second-order valence-electron chi connectivity index (χ2n) is 6.86. The standard InChI is InChI=1S/C19H22N6OS/c1-12-21-24-19(27-12)13-3-4-17-14(9-13)10-16(22-23-17)11-18(26)25-7-5-15(20-2)6-8-25/h3-4,9-10,15,20H,5-8,11H2,1-2H3. The molecule has 3 aromatic rings. The molecule has 0 unspecified atom stereocenters. The first-order valence-electron chi connectivity index (χ1n) is 9.14. The van der Waals surface area contributed by atoms with Gasteiger partial charge in [0.15, 0.2) is 0 Å². The summed E-state index contributed by atoms with van der Waals surface area (Å²) in [5.74, 6) is 0.120. The first kappa shape index (κ1) is 17.9. The summed E-state index contributed by atoms with van der Waals surface area (Å²) in [7, 11) is 1.98. The number of aryl methyl sites for hydroxylation is 1. The number of amides is 1. The predicted molar refractivity (Wildman–Crippen MR) is 106 cm³/mol. The number of rotatable bonds is 4. The van der Waals surface area contributed by atoms with Crippen molar-refractivity contribution in [2.24, 2.45) is 0 Å². The molecule has 1 amide bonds. The Hall–Kier alpha value is -2.45. The van der Waals surface area contributed by atoms with Crippen molar-refractivity contribution in [3.63, 3.8) is 0 Å². The van der Waals surface area contributed by atoms with Crippen molar-refractivity contribution in [2.75, 3.05) is 20.1 Å². The number of nitrogens with one attached hydrogen (secondary N) is 1. The summed E-state index contributed by atoms with van der Waals surface area (Å²) in [5.41, 5.74) is 2.52. The molecule has 0 spiro atoms. The molecule has 4 rings (SSSR count). The Kier molecular flexibility index (Phi) is 5.09. The molecule has 0 bridgehead atoms. The van der Waals surface area contributed by atoms with E-state index in [0.29, 0.717) is 11.7 Å². The van der Waals surface area contributed by atoms with Crippen LogP contribution in [0.3, 0.4) is 0 Å². The Balaban J connectivity index is 1.51. The van der Waals surface area contributed by atoms with E-state index in [0.717, 1.165) is 52.4 Å². The SMILES string of the molecule is CNC1CCN(C(=O)Cc2cc3cc(-c4nnc(C)s4)ccc3nn2)CC1. The lowest BCUT2D eigenvalue weighted by Crippen LogP contribution is -2.44. The molecule has 140 valence electrons. The molecular weight excluding hydrogens is 360 g/mol. The number of piperidine rings is 1. The van der Waals surface area contributed by atoms with Gasteiger partial charge in [-0.25, -0.2) is 0 Å². The summed E-state index contributed by atoms with van der Waals surface area (Å²) >= 11 is 1.56. The third kappa shape index (κ3) is 3.96. The number of nitrogens with zero attached hydrogens (tertiary/aromatic N) is 5. The maximum atomic E-state index is 12.6. The lowest BCUT2D eigenvalue weighted by atomic mass is 10.0. The number of aromatic nitrogens is 4.